The van der Waals surface area contributed by atoms with Gasteiger partial charge in [-0.3, -0.25) is 14.4 Å². The van der Waals surface area contributed by atoms with Crippen molar-refractivity contribution in [2.24, 2.45) is 5.73 Å². The second kappa shape index (κ2) is 7.58. The normalized spacial score (nSPS) is 32.1. The molecule has 0 radical (unpaired) electrons. The Balaban J connectivity index is 2.94. The number of rotatable bonds is 4. The lowest BCUT2D eigenvalue weighted by Crippen LogP contribution is -2.62. The van der Waals surface area contributed by atoms with Gasteiger partial charge in [0.15, 0.2) is 17.8 Å². The van der Waals surface area contributed by atoms with Crippen molar-refractivity contribution in [3.63, 3.8) is 0 Å². The number of nitrogens with two attached hydrogens (primary N) is 1. The van der Waals surface area contributed by atoms with E-state index >= 15 is 0 Å². The van der Waals surface area contributed by atoms with Crippen molar-refractivity contribution < 1.29 is 33.3 Å². The summed E-state index contributed by atoms with van der Waals surface area (Å²) in [5.74, 6) is -1.76. The van der Waals surface area contributed by atoms with Gasteiger partial charge in [-0.25, -0.2) is 0 Å². The maximum atomic E-state index is 11.2. The Bertz CT molecular complexity index is 416. The highest BCUT2D eigenvalue weighted by Gasteiger charge is 2.48. The summed E-state index contributed by atoms with van der Waals surface area (Å²) in [6.45, 7) is 3.39. The number of esters is 3. The van der Waals surface area contributed by atoms with E-state index in [2.05, 4.69) is 0 Å². The zero-order chi connectivity index (χ0) is 16.2. The van der Waals surface area contributed by atoms with Gasteiger partial charge in [-0.1, -0.05) is 11.6 Å². The van der Waals surface area contributed by atoms with Gasteiger partial charge in [-0.15, -0.1) is 0 Å². The molecule has 0 aliphatic carbocycles. The third kappa shape index (κ3) is 5.14. The quantitative estimate of drug-likeness (QED) is 0.426. The molecule has 1 heterocycles. The molecule has 1 aliphatic heterocycles. The molecule has 2 N–H and O–H groups in total. The van der Waals surface area contributed by atoms with Crippen LogP contribution in [0.3, 0.4) is 0 Å². The zero-order valence-corrected chi connectivity index (χ0v) is 12.7. The van der Waals surface area contributed by atoms with Crippen LogP contribution in [0.15, 0.2) is 0 Å². The molecule has 9 heteroatoms. The van der Waals surface area contributed by atoms with Crippen LogP contribution >= 0.6 is 11.6 Å². The molecule has 0 spiro atoms. The van der Waals surface area contributed by atoms with Gasteiger partial charge >= 0.3 is 17.9 Å². The van der Waals surface area contributed by atoms with Gasteiger partial charge in [0.25, 0.3) is 0 Å². The van der Waals surface area contributed by atoms with E-state index in [-0.39, 0.29) is 6.61 Å². The van der Waals surface area contributed by atoms with E-state index in [1.165, 1.54) is 20.8 Å². The van der Waals surface area contributed by atoms with Gasteiger partial charge in [0.05, 0.1) is 6.04 Å². The number of carbonyl (C=O) groups is 3. The Labute approximate surface area is 126 Å². The van der Waals surface area contributed by atoms with E-state index in [0.717, 1.165) is 0 Å². The molecule has 21 heavy (non-hydrogen) atoms. The summed E-state index contributed by atoms with van der Waals surface area (Å²) in [5.41, 5.74) is 4.84. The molecule has 0 aromatic carbocycles. The lowest BCUT2D eigenvalue weighted by Gasteiger charge is -2.41. The first-order chi connectivity index (χ1) is 9.72. The van der Waals surface area contributed by atoms with Crippen LogP contribution in [0.25, 0.3) is 0 Å². The summed E-state index contributed by atoms with van der Waals surface area (Å²) >= 11 is 5.94. The Morgan fingerprint density at radius 2 is 1.57 bits per heavy atom. The van der Waals surface area contributed by atoms with Crippen molar-refractivity contribution in [2.75, 3.05) is 6.61 Å². The molecule has 1 aliphatic rings. The fraction of sp³-hybridized carbons (Fsp3) is 0.750. The molecular weight excluding hydrogens is 306 g/mol. The first-order valence-corrected chi connectivity index (χ1v) is 6.69. The summed E-state index contributed by atoms with van der Waals surface area (Å²) in [6.07, 6.45) is -2.90. The minimum atomic E-state index is -1.02. The highest BCUT2D eigenvalue weighted by molar-refractivity contribution is 6.20. The fourth-order valence-corrected chi connectivity index (χ4v) is 2.20. The highest BCUT2D eigenvalue weighted by atomic mass is 35.5. The van der Waals surface area contributed by atoms with E-state index in [1.54, 1.807) is 0 Å². The summed E-state index contributed by atoms with van der Waals surface area (Å²) < 4.78 is 20.4. The largest absolute Gasteiger partial charge is 0.463 e. The van der Waals surface area contributed by atoms with E-state index < -0.39 is 47.8 Å². The van der Waals surface area contributed by atoms with Gasteiger partial charge < -0.3 is 24.7 Å². The van der Waals surface area contributed by atoms with Gasteiger partial charge in [-0.2, -0.15) is 0 Å². The van der Waals surface area contributed by atoms with Crippen molar-refractivity contribution in [1.82, 2.24) is 0 Å². The van der Waals surface area contributed by atoms with Crippen molar-refractivity contribution >= 4 is 29.5 Å². The predicted octanol–water partition coefficient (Wildman–Crippen LogP) is -0.296. The van der Waals surface area contributed by atoms with Crippen molar-refractivity contribution in [3.05, 3.63) is 0 Å². The van der Waals surface area contributed by atoms with Crippen LogP contribution in [0, 0.1) is 0 Å². The molecule has 8 nitrogen and oxygen atoms in total. The minimum absolute atomic E-state index is 0.207. The Morgan fingerprint density at radius 3 is 2.05 bits per heavy atom. The first kappa shape index (κ1) is 17.7. The third-order valence-electron chi connectivity index (χ3n) is 2.73. The standard InChI is InChI=1S/C12H18ClNO7/c1-5(15)18-4-8-10(19-6(2)16)11(20-7(3)17)9(14)12(13)21-8/h8-12H,4,14H2,1-3H3/t8?,9?,10-,11?,12+/m1/s1. The molecule has 120 valence electrons. The number of hydrogen-bond acceptors (Lipinski definition) is 8. The van der Waals surface area contributed by atoms with Gasteiger partial charge in [0.1, 0.15) is 12.7 Å². The van der Waals surface area contributed by atoms with Crippen LogP contribution in [0.1, 0.15) is 20.8 Å². The fourth-order valence-electron chi connectivity index (χ4n) is 1.92. The summed E-state index contributed by atoms with van der Waals surface area (Å²) in [4.78, 5) is 33.3. The smallest absolute Gasteiger partial charge is 0.303 e. The SMILES string of the molecule is CC(=O)OCC1O[C@H](Cl)C(N)C(OC(C)=O)[C@@H]1OC(C)=O. The molecule has 0 aromatic heterocycles. The van der Waals surface area contributed by atoms with E-state index in [0.29, 0.717) is 0 Å². The van der Waals surface area contributed by atoms with Crippen LogP contribution in [-0.4, -0.2) is 54.4 Å². The van der Waals surface area contributed by atoms with Crippen molar-refractivity contribution in [1.29, 1.82) is 0 Å². The molecule has 5 atom stereocenters. The zero-order valence-electron chi connectivity index (χ0n) is 11.9. The average molecular weight is 324 g/mol. The maximum Gasteiger partial charge on any atom is 0.303 e. The third-order valence-corrected chi connectivity index (χ3v) is 3.13. The number of carbonyl (C=O) groups excluding carboxylic acids is 3. The molecule has 1 saturated heterocycles. The van der Waals surface area contributed by atoms with E-state index in [1.807, 2.05) is 0 Å². The molecule has 0 amide bonds. The number of ether oxygens (including phenoxy) is 4. The molecule has 0 bridgehead atoms. The van der Waals surface area contributed by atoms with Crippen LogP contribution in [0.4, 0.5) is 0 Å². The second-order valence-corrected chi connectivity index (χ2v) is 4.98. The molecule has 1 rings (SSSR count). The summed E-state index contributed by atoms with van der Waals surface area (Å²) in [5, 5.41) is 0. The number of alkyl halides is 1. The molecule has 0 aromatic rings. The highest BCUT2D eigenvalue weighted by Crippen LogP contribution is 2.27. The number of hydrogen-bond donors (Lipinski definition) is 1. The maximum absolute atomic E-state index is 11.2. The van der Waals surface area contributed by atoms with Gasteiger partial charge in [-0.05, 0) is 0 Å². The lowest BCUT2D eigenvalue weighted by molar-refractivity contribution is -0.209. The van der Waals surface area contributed by atoms with Crippen LogP contribution in [-0.2, 0) is 33.3 Å². The Morgan fingerprint density at radius 1 is 1.05 bits per heavy atom. The molecule has 3 unspecified atom stereocenters. The van der Waals surface area contributed by atoms with Crippen LogP contribution in [0.5, 0.6) is 0 Å². The van der Waals surface area contributed by atoms with Gasteiger partial charge in [0, 0.05) is 20.8 Å². The average Bonchev–Trinajstić information content (AvgIpc) is 2.35. The molecule has 0 saturated carbocycles. The Hall–Kier alpha value is -1.38. The van der Waals surface area contributed by atoms with Crippen LogP contribution < -0.4 is 5.73 Å². The topological polar surface area (TPSA) is 114 Å². The van der Waals surface area contributed by atoms with Crippen LogP contribution in [0.2, 0.25) is 0 Å². The van der Waals surface area contributed by atoms with E-state index in [4.69, 9.17) is 36.3 Å². The summed E-state index contributed by atoms with van der Waals surface area (Å²) in [7, 11) is 0. The molecule has 1 fully saturated rings. The van der Waals surface area contributed by atoms with E-state index in [9.17, 15) is 14.4 Å². The predicted molar refractivity (Wildman–Crippen MR) is 70.2 cm³/mol. The minimum Gasteiger partial charge on any atom is -0.463 e. The van der Waals surface area contributed by atoms with Crippen molar-refractivity contribution in [3.8, 4) is 0 Å². The lowest BCUT2D eigenvalue weighted by atomic mass is 9.98. The Kier molecular flexibility index (Phi) is 6.38. The molecular formula is C12H18ClNO7. The second-order valence-electron chi connectivity index (χ2n) is 4.55. The summed E-state index contributed by atoms with van der Waals surface area (Å²) in [6, 6.07) is -0.895. The number of halogens is 1. The van der Waals surface area contributed by atoms with Crippen molar-refractivity contribution in [2.45, 2.75) is 50.7 Å². The first-order valence-electron chi connectivity index (χ1n) is 6.25. The monoisotopic (exact) mass is 323 g/mol. The van der Waals surface area contributed by atoms with Gasteiger partial charge in [0.2, 0.25) is 0 Å².